The highest BCUT2D eigenvalue weighted by molar-refractivity contribution is 5.80. The number of nitrogens with zero attached hydrogens (tertiary/aromatic N) is 4. The van der Waals surface area contributed by atoms with Crippen LogP contribution in [0, 0.1) is 6.92 Å². The number of fused-ring (bicyclic) bond motifs is 1. The fourth-order valence-electron chi connectivity index (χ4n) is 3.12. The van der Waals surface area contributed by atoms with E-state index in [9.17, 15) is 0 Å². The third-order valence-electron chi connectivity index (χ3n) is 4.44. The van der Waals surface area contributed by atoms with Gasteiger partial charge in [0, 0.05) is 26.2 Å². The topological polar surface area (TPSA) is 85.6 Å². The van der Waals surface area contributed by atoms with Gasteiger partial charge in [-0.15, -0.1) is 0 Å². The van der Waals surface area contributed by atoms with E-state index in [1.165, 1.54) is 0 Å². The van der Waals surface area contributed by atoms with E-state index in [4.69, 9.17) is 9.47 Å². The first-order valence-electron chi connectivity index (χ1n) is 9.35. The molecule has 1 aliphatic heterocycles. The average Bonchev–Trinajstić information content (AvgIpc) is 3.08. The van der Waals surface area contributed by atoms with E-state index in [2.05, 4.69) is 25.7 Å². The first-order valence-corrected chi connectivity index (χ1v) is 9.35. The Morgan fingerprint density at radius 2 is 2.22 bits per heavy atom. The standard InChI is InChI=1S/C19H28N6O2/c1-14-22-18-17(9-5-11-25(18)24-14)23-19(20-2)21-10-6-12-27-16-8-4-7-15(13-16)26-3/h4,7-8,13,17H,5-6,9-12H2,1-3H3,(H2,20,21,23). The van der Waals surface area contributed by atoms with Crippen molar-refractivity contribution in [3.8, 4) is 11.5 Å². The molecule has 0 saturated carbocycles. The molecule has 2 N–H and O–H groups in total. The van der Waals surface area contributed by atoms with Crippen LogP contribution in [0.25, 0.3) is 0 Å². The van der Waals surface area contributed by atoms with Crippen molar-refractivity contribution in [2.75, 3.05) is 27.3 Å². The molecule has 0 bridgehead atoms. The van der Waals surface area contributed by atoms with Gasteiger partial charge in [-0.25, -0.2) is 9.67 Å². The van der Waals surface area contributed by atoms with Gasteiger partial charge in [0.15, 0.2) is 5.96 Å². The summed E-state index contributed by atoms with van der Waals surface area (Å²) in [6.07, 6.45) is 2.97. The molecular weight excluding hydrogens is 344 g/mol. The minimum absolute atomic E-state index is 0.138. The van der Waals surface area contributed by atoms with E-state index in [0.717, 1.165) is 61.5 Å². The van der Waals surface area contributed by atoms with E-state index in [1.807, 2.05) is 35.9 Å². The molecule has 8 heteroatoms. The van der Waals surface area contributed by atoms with Crippen LogP contribution in [0.1, 0.15) is 37.0 Å². The molecule has 2 aromatic rings. The normalized spacial score (nSPS) is 16.6. The summed E-state index contributed by atoms with van der Waals surface area (Å²) >= 11 is 0. The maximum Gasteiger partial charge on any atom is 0.191 e. The lowest BCUT2D eigenvalue weighted by atomic mass is 10.1. The van der Waals surface area contributed by atoms with Crippen LogP contribution in [0.15, 0.2) is 29.3 Å². The predicted octanol–water partition coefficient (Wildman–Crippen LogP) is 2.06. The number of methoxy groups -OCH3 is 1. The van der Waals surface area contributed by atoms with Crippen LogP contribution >= 0.6 is 0 Å². The molecule has 2 heterocycles. The Balaban J connectivity index is 1.42. The van der Waals surface area contributed by atoms with E-state index in [1.54, 1.807) is 14.2 Å². The molecule has 0 saturated heterocycles. The summed E-state index contributed by atoms with van der Waals surface area (Å²) in [7, 11) is 3.43. The van der Waals surface area contributed by atoms with Crippen LogP contribution in [0.3, 0.4) is 0 Å². The molecule has 8 nitrogen and oxygen atoms in total. The zero-order chi connectivity index (χ0) is 19.1. The summed E-state index contributed by atoms with van der Waals surface area (Å²) in [5.74, 6) is 4.19. The van der Waals surface area contributed by atoms with Crippen molar-refractivity contribution < 1.29 is 9.47 Å². The molecule has 1 aliphatic rings. The number of aliphatic imine (C=N–C) groups is 1. The molecule has 0 amide bonds. The van der Waals surface area contributed by atoms with Gasteiger partial charge in [0.1, 0.15) is 23.1 Å². The van der Waals surface area contributed by atoms with Crippen molar-refractivity contribution in [1.82, 2.24) is 25.4 Å². The van der Waals surface area contributed by atoms with Crippen molar-refractivity contribution in [2.45, 2.75) is 38.8 Å². The van der Waals surface area contributed by atoms with Gasteiger partial charge in [-0.05, 0) is 38.3 Å². The zero-order valence-electron chi connectivity index (χ0n) is 16.2. The monoisotopic (exact) mass is 372 g/mol. The first kappa shape index (κ1) is 19.0. The van der Waals surface area contributed by atoms with E-state index >= 15 is 0 Å². The Morgan fingerprint density at radius 3 is 3.04 bits per heavy atom. The SMILES string of the molecule is CN=C(NCCCOc1cccc(OC)c1)NC1CCCn2nc(C)nc21. The molecule has 0 spiro atoms. The van der Waals surface area contributed by atoms with Gasteiger partial charge >= 0.3 is 0 Å². The number of guanidine groups is 1. The maximum absolute atomic E-state index is 5.76. The fraction of sp³-hybridized carbons (Fsp3) is 0.526. The van der Waals surface area contributed by atoms with Gasteiger partial charge in [-0.1, -0.05) is 6.07 Å². The van der Waals surface area contributed by atoms with E-state index in [0.29, 0.717) is 6.61 Å². The minimum Gasteiger partial charge on any atom is -0.497 e. The number of nitrogens with one attached hydrogen (secondary N) is 2. The second kappa shape index (κ2) is 9.25. The number of hydrogen-bond donors (Lipinski definition) is 2. The second-order valence-corrected chi connectivity index (χ2v) is 6.46. The molecule has 1 aromatic carbocycles. The average molecular weight is 372 g/mol. The number of hydrogen-bond acceptors (Lipinski definition) is 5. The predicted molar refractivity (Wildman–Crippen MR) is 104 cm³/mol. The molecule has 27 heavy (non-hydrogen) atoms. The highest BCUT2D eigenvalue weighted by atomic mass is 16.5. The first-order chi connectivity index (χ1) is 13.2. The Bertz CT molecular complexity index is 773. The lowest BCUT2D eigenvalue weighted by molar-refractivity contribution is 0.308. The molecule has 1 unspecified atom stereocenters. The number of aryl methyl sites for hydroxylation is 2. The number of rotatable bonds is 7. The molecule has 0 fully saturated rings. The summed E-state index contributed by atoms with van der Waals surface area (Å²) in [6.45, 7) is 4.25. The highest BCUT2D eigenvalue weighted by Gasteiger charge is 2.24. The van der Waals surface area contributed by atoms with Crippen molar-refractivity contribution in [2.24, 2.45) is 4.99 Å². The largest absolute Gasteiger partial charge is 0.497 e. The second-order valence-electron chi connectivity index (χ2n) is 6.46. The number of aromatic nitrogens is 3. The van der Waals surface area contributed by atoms with Crippen molar-refractivity contribution in [3.63, 3.8) is 0 Å². The zero-order valence-corrected chi connectivity index (χ0v) is 16.2. The van der Waals surface area contributed by atoms with Gasteiger partial charge in [-0.2, -0.15) is 5.10 Å². The molecule has 1 atom stereocenters. The van der Waals surface area contributed by atoms with Crippen molar-refractivity contribution in [3.05, 3.63) is 35.9 Å². The molecule has 1 aromatic heterocycles. The number of benzene rings is 1. The van der Waals surface area contributed by atoms with Gasteiger partial charge in [0.2, 0.25) is 0 Å². The Hall–Kier alpha value is -2.77. The summed E-state index contributed by atoms with van der Waals surface area (Å²) in [4.78, 5) is 8.87. The van der Waals surface area contributed by atoms with Crippen LogP contribution < -0.4 is 20.1 Å². The van der Waals surface area contributed by atoms with Gasteiger partial charge in [-0.3, -0.25) is 4.99 Å². The quantitative estimate of drug-likeness (QED) is 0.440. The minimum atomic E-state index is 0.138. The van der Waals surface area contributed by atoms with Crippen LogP contribution in [0.2, 0.25) is 0 Å². The highest BCUT2D eigenvalue weighted by Crippen LogP contribution is 2.22. The molecule has 146 valence electrons. The summed E-state index contributed by atoms with van der Waals surface area (Å²) in [5, 5.41) is 11.2. The smallest absolute Gasteiger partial charge is 0.191 e. The third-order valence-corrected chi connectivity index (χ3v) is 4.44. The van der Waals surface area contributed by atoms with Crippen LogP contribution in [0.5, 0.6) is 11.5 Å². The van der Waals surface area contributed by atoms with Gasteiger partial charge < -0.3 is 20.1 Å². The maximum atomic E-state index is 5.76. The van der Waals surface area contributed by atoms with E-state index in [-0.39, 0.29) is 6.04 Å². The fourth-order valence-corrected chi connectivity index (χ4v) is 3.12. The number of ether oxygens (including phenoxy) is 2. The lowest BCUT2D eigenvalue weighted by Gasteiger charge is -2.25. The van der Waals surface area contributed by atoms with Crippen LogP contribution in [-0.4, -0.2) is 48.0 Å². The van der Waals surface area contributed by atoms with Crippen molar-refractivity contribution >= 4 is 5.96 Å². The lowest BCUT2D eigenvalue weighted by Crippen LogP contribution is -2.42. The van der Waals surface area contributed by atoms with Crippen LogP contribution in [-0.2, 0) is 6.54 Å². The third kappa shape index (κ3) is 5.12. The van der Waals surface area contributed by atoms with Gasteiger partial charge in [0.25, 0.3) is 0 Å². The van der Waals surface area contributed by atoms with Crippen molar-refractivity contribution in [1.29, 1.82) is 0 Å². The summed E-state index contributed by atoms with van der Waals surface area (Å²) in [5.41, 5.74) is 0. The molecule has 3 rings (SSSR count). The van der Waals surface area contributed by atoms with E-state index < -0.39 is 0 Å². The van der Waals surface area contributed by atoms with Crippen LogP contribution in [0.4, 0.5) is 0 Å². The molecule has 0 radical (unpaired) electrons. The molecule has 0 aliphatic carbocycles. The Morgan fingerprint density at radius 1 is 1.37 bits per heavy atom. The Labute approximate surface area is 160 Å². The molecular formula is C19H28N6O2. The van der Waals surface area contributed by atoms with Gasteiger partial charge in [0.05, 0.1) is 19.8 Å². The summed E-state index contributed by atoms with van der Waals surface area (Å²) < 4.78 is 13.0. The summed E-state index contributed by atoms with van der Waals surface area (Å²) in [6, 6.07) is 7.77. The Kier molecular flexibility index (Phi) is 6.51.